The van der Waals surface area contributed by atoms with Crippen molar-refractivity contribution in [2.75, 3.05) is 0 Å². The molecule has 0 aliphatic heterocycles. The van der Waals surface area contributed by atoms with Crippen LogP contribution in [-0.4, -0.2) is 4.92 Å². The van der Waals surface area contributed by atoms with Crippen LogP contribution in [0.15, 0.2) is 18.2 Å². The minimum atomic E-state index is -0.592. The lowest BCUT2D eigenvalue weighted by molar-refractivity contribution is -0.385. The monoisotopic (exact) mass is 276 g/mol. The molecule has 1 saturated carbocycles. The molecule has 106 valence electrons. The molecule has 0 amide bonds. The molecule has 0 unspecified atom stereocenters. The van der Waals surface area contributed by atoms with Gasteiger partial charge in [-0.25, -0.2) is 4.39 Å². The van der Waals surface area contributed by atoms with Gasteiger partial charge in [0.1, 0.15) is 5.82 Å². The Labute approximate surface area is 117 Å². The Hall–Kier alpha value is -1.96. The van der Waals surface area contributed by atoms with Gasteiger partial charge in [0.15, 0.2) is 0 Å². The second-order valence-electron chi connectivity index (χ2n) is 5.78. The minimum absolute atomic E-state index is 0.0975. The standard InChI is InChI=1S/C15H17FN2O2/c1-11-4-6-15(10-17,7-5-11)9-12-8-13(16)2-3-14(12)18(19)20/h2-3,8,11H,4-7,9H2,1H3. The summed E-state index contributed by atoms with van der Waals surface area (Å²) in [6, 6.07) is 5.79. The number of hydrogen-bond acceptors (Lipinski definition) is 3. The van der Waals surface area contributed by atoms with E-state index >= 15 is 0 Å². The first-order valence-corrected chi connectivity index (χ1v) is 6.80. The van der Waals surface area contributed by atoms with Crippen LogP contribution in [0.5, 0.6) is 0 Å². The third-order valence-corrected chi connectivity index (χ3v) is 4.24. The van der Waals surface area contributed by atoms with Crippen LogP contribution in [-0.2, 0) is 6.42 Å². The van der Waals surface area contributed by atoms with Gasteiger partial charge in [-0.3, -0.25) is 10.1 Å². The minimum Gasteiger partial charge on any atom is -0.258 e. The summed E-state index contributed by atoms with van der Waals surface area (Å²) in [5, 5.41) is 20.5. The van der Waals surface area contributed by atoms with Crippen LogP contribution >= 0.6 is 0 Å². The molecule has 0 heterocycles. The molecule has 0 aromatic heterocycles. The summed E-state index contributed by atoms with van der Waals surface area (Å²) in [6.07, 6.45) is 3.58. The normalized spacial score (nSPS) is 25.9. The summed E-state index contributed by atoms with van der Waals surface area (Å²) in [7, 11) is 0. The summed E-state index contributed by atoms with van der Waals surface area (Å²) >= 11 is 0. The Balaban J connectivity index is 2.30. The first-order valence-electron chi connectivity index (χ1n) is 6.80. The van der Waals surface area contributed by atoms with Crippen molar-refractivity contribution < 1.29 is 9.31 Å². The van der Waals surface area contributed by atoms with Gasteiger partial charge in [0, 0.05) is 11.6 Å². The molecule has 4 nitrogen and oxygen atoms in total. The molecular weight excluding hydrogens is 259 g/mol. The molecule has 0 bridgehead atoms. The Bertz CT molecular complexity index is 557. The van der Waals surface area contributed by atoms with Crippen LogP contribution in [0.4, 0.5) is 10.1 Å². The maximum atomic E-state index is 13.4. The van der Waals surface area contributed by atoms with Crippen molar-refractivity contribution in [3.63, 3.8) is 0 Å². The van der Waals surface area contributed by atoms with Gasteiger partial charge < -0.3 is 0 Å². The van der Waals surface area contributed by atoms with E-state index in [1.165, 1.54) is 12.1 Å². The SMILES string of the molecule is CC1CCC(C#N)(Cc2cc(F)ccc2[N+](=O)[O-])CC1. The fourth-order valence-electron chi connectivity index (χ4n) is 2.88. The number of nitrogens with zero attached hydrogens (tertiary/aromatic N) is 2. The lowest BCUT2D eigenvalue weighted by Gasteiger charge is -2.33. The van der Waals surface area contributed by atoms with E-state index < -0.39 is 16.2 Å². The number of benzene rings is 1. The predicted octanol–water partition coefficient (Wildman–Crippen LogP) is 4.00. The van der Waals surface area contributed by atoms with Crippen LogP contribution < -0.4 is 0 Å². The highest BCUT2D eigenvalue weighted by Gasteiger charge is 2.36. The smallest absolute Gasteiger partial charge is 0.258 e. The number of hydrogen-bond donors (Lipinski definition) is 0. The molecule has 5 heteroatoms. The quantitative estimate of drug-likeness (QED) is 0.619. The largest absolute Gasteiger partial charge is 0.272 e. The molecule has 2 rings (SSSR count). The summed E-state index contributed by atoms with van der Waals surface area (Å²) < 4.78 is 13.4. The molecule has 0 saturated heterocycles. The van der Waals surface area contributed by atoms with Gasteiger partial charge in [0.2, 0.25) is 0 Å². The van der Waals surface area contributed by atoms with Gasteiger partial charge in [-0.15, -0.1) is 0 Å². The van der Waals surface area contributed by atoms with Gasteiger partial charge in [-0.05, 0) is 50.2 Å². The van der Waals surface area contributed by atoms with Crippen molar-refractivity contribution in [2.45, 2.75) is 39.0 Å². The summed E-state index contributed by atoms with van der Waals surface area (Å²) in [4.78, 5) is 10.5. The van der Waals surface area contributed by atoms with Crippen molar-refractivity contribution in [3.05, 3.63) is 39.7 Å². The van der Waals surface area contributed by atoms with Gasteiger partial charge >= 0.3 is 0 Å². The van der Waals surface area contributed by atoms with E-state index in [-0.39, 0.29) is 12.1 Å². The number of nitro benzene ring substituents is 1. The van der Waals surface area contributed by atoms with E-state index in [1.807, 2.05) is 0 Å². The molecule has 1 aliphatic carbocycles. The summed E-state index contributed by atoms with van der Waals surface area (Å²) in [6.45, 7) is 2.14. The Morgan fingerprint density at radius 2 is 2.15 bits per heavy atom. The van der Waals surface area contributed by atoms with Gasteiger partial charge in [-0.1, -0.05) is 6.92 Å². The highest BCUT2D eigenvalue weighted by atomic mass is 19.1. The zero-order valence-electron chi connectivity index (χ0n) is 11.4. The molecule has 1 aromatic carbocycles. The van der Waals surface area contributed by atoms with Crippen molar-refractivity contribution >= 4 is 5.69 Å². The van der Waals surface area contributed by atoms with Crippen LogP contribution in [0.3, 0.4) is 0 Å². The molecule has 0 atom stereocenters. The Morgan fingerprint density at radius 1 is 1.50 bits per heavy atom. The van der Waals surface area contributed by atoms with E-state index in [9.17, 15) is 19.8 Å². The third-order valence-electron chi connectivity index (χ3n) is 4.24. The number of halogens is 1. The lowest BCUT2D eigenvalue weighted by Crippen LogP contribution is -2.28. The predicted molar refractivity (Wildman–Crippen MR) is 72.4 cm³/mol. The fraction of sp³-hybridized carbons (Fsp3) is 0.533. The maximum absolute atomic E-state index is 13.4. The van der Waals surface area contributed by atoms with Crippen molar-refractivity contribution in [3.8, 4) is 6.07 Å². The number of rotatable bonds is 3. The highest BCUT2D eigenvalue weighted by Crippen LogP contribution is 2.42. The van der Waals surface area contributed by atoms with Crippen molar-refractivity contribution in [1.29, 1.82) is 5.26 Å². The van der Waals surface area contributed by atoms with Crippen molar-refractivity contribution in [1.82, 2.24) is 0 Å². The maximum Gasteiger partial charge on any atom is 0.272 e. The van der Waals surface area contributed by atoms with Crippen molar-refractivity contribution in [2.24, 2.45) is 11.3 Å². The average molecular weight is 276 g/mol. The van der Waals surface area contributed by atoms with Gasteiger partial charge in [0.05, 0.1) is 16.4 Å². The number of nitro groups is 1. The van der Waals surface area contributed by atoms with Crippen LogP contribution in [0.1, 0.15) is 38.2 Å². The van der Waals surface area contributed by atoms with E-state index in [4.69, 9.17) is 0 Å². The van der Waals surface area contributed by atoms with Crippen LogP contribution in [0, 0.1) is 38.6 Å². The second kappa shape index (κ2) is 5.58. The topological polar surface area (TPSA) is 66.9 Å². The third kappa shape index (κ3) is 2.96. The van der Waals surface area contributed by atoms with Gasteiger partial charge in [0.25, 0.3) is 5.69 Å². The fourth-order valence-corrected chi connectivity index (χ4v) is 2.88. The number of nitriles is 1. The highest BCUT2D eigenvalue weighted by molar-refractivity contribution is 5.41. The van der Waals surface area contributed by atoms with Crippen LogP contribution in [0.25, 0.3) is 0 Å². The van der Waals surface area contributed by atoms with E-state index in [0.717, 1.165) is 31.7 Å². The molecule has 0 N–H and O–H groups in total. The lowest BCUT2D eigenvalue weighted by atomic mass is 9.68. The Kier molecular flexibility index (Phi) is 4.03. The van der Waals surface area contributed by atoms with E-state index in [0.29, 0.717) is 11.5 Å². The molecular formula is C15H17FN2O2. The van der Waals surface area contributed by atoms with Gasteiger partial charge in [-0.2, -0.15) is 5.26 Å². The van der Waals surface area contributed by atoms with E-state index in [2.05, 4.69) is 13.0 Å². The Morgan fingerprint density at radius 3 is 2.70 bits per heavy atom. The zero-order chi connectivity index (χ0) is 14.8. The molecule has 0 spiro atoms. The molecule has 1 aliphatic rings. The van der Waals surface area contributed by atoms with Crippen LogP contribution in [0.2, 0.25) is 0 Å². The molecule has 1 aromatic rings. The molecule has 20 heavy (non-hydrogen) atoms. The summed E-state index contributed by atoms with van der Waals surface area (Å²) in [5.41, 5.74) is -0.365. The summed E-state index contributed by atoms with van der Waals surface area (Å²) in [5.74, 6) is 0.0850. The van der Waals surface area contributed by atoms with E-state index in [1.54, 1.807) is 0 Å². The molecule has 0 radical (unpaired) electrons. The first kappa shape index (κ1) is 14.4. The average Bonchev–Trinajstić information content (AvgIpc) is 2.41. The first-order chi connectivity index (χ1) is 9.46. The zero-order valence-corrected chi connectivity index (χ0v) is 11.4. The second-order valence-corrected chi connectivity index (χ2v) is 5.78. The molecule has 1 fully saturated rings.